The Morgan fingerprint density at radius 1 is 1.40 bits per heavy atom. The van der Waals surface area contributed by atoms with E-state index >= 15 is 0 Å². The summed E-state index contributed by atoms with van der Waals surface area (Å²) in [5.41, 5.74) is 1.01. The lowest BCUT2D eigenvalue weighted by molar-refractivity contribution is 0.396. The molecule has 3 heteroatoms. The minimum atomic E-state index is 0.855. The number of aromatic nitrogens is 2. The van der Waals surface area contributed by atoms with E-state index in [0.29, 0.717) is 0 Å². The first-order valence-corrected chi connectivity index (χ1v) is 3.18. The van der Waals surface area contributed by atoms with E-state index in [9.17, 15) is 0 Å². The maximum atomic E-state index is 4.11. The first-order chi connectivity index (χ1) is 4.79. The summed E-state index contributed by atoms with van der Waals surface area (Å²) in [5, 5.41) is 0. The minimum Gasteiger partial charge on any atom is -0.304 e. The van der Waals surface area contributed by atoms with Gasteiger partial charge < -0.3 is 4.90 Å². The zero-order chi connectivity index (χ0) is 7.40. The Balaban J connectivity index is 2.59. The summed E-state index contributed by atoms with van der Waals surface area (Å²) in [6, 6.07) is 0. The number of nitrogens with zero attached hydrogens (tertiary/aromatic N) is 3. The monoisotopic (exact) mass is 137 g/mol. The van der Waals surface area contributed by atoms with Crippen LogP contribution in [-0.4, -0.2) is 29.0 Å². The summed E-state index contributed by atoms with van der Waals surface area (Å²) >= 11 is 0. The van der Waals surface area contributed by atoms with Gasteiger partial charge in [0.15, 0.2) is 0 Å². The molecule has 0 aromatic carbocycles. The number of hydrogen-bond acceptors (Lipinski definition) is 3. The molecule has 1 aromatic heterocycles. The predicted octanol–water partition coefficient (Wildman–Crippen LogP) is 0.538. The Labute approximate surface area is 60.7 Å². The maximum absolute atomic E-state index is 4.11. The predicted molar refractivity (Wildman–Crippen MR) is 39.4 cm³/mol. The van der Waals surface area contributed by atoms with Crippen molar-refractivity contribution in [1.82, 2.24) is 14.9 Å². The summed E-state index contributed by atoms with van der Waals surface area (Å²) in [6.07, 6.45) is 5.16. The molecule has 0 atom stereocenters. The van der Waals surface area contributed by atoms with Crippen LogP contribution in [0.4, 0.5) is 0 Å². The molecule has 1 rings (SSSR count). The minimum absolute atomic E-state index is 0.855. The first kappa shape index (κ1) is 7.15. The second-order valence-electron chi connectivity index (χ2n) is 2.43. The molecule has 0 unspecified atom stereocenters. The maximum Gasteiger partial charge on any atom is 0.0726 e. The highest BCUT2D eigenvalue weighted by Crippen LogP contribution is 1.92. The van der Waals surface area contributed by atoms with Gasteiger partial charge in [-0.25, -0.2) is 0 Å². The number of rotatable bonds is 2. The highest BCUT2D eigenvalue weighted by atomic mass is 15.1. The average molecular weight is 137 g/mol. The van der Waals surface area contributed by atoms with Gasteiger partial charge in [0.2, 0.25) is 0 Å². The molecular weight excluding hydrogens is 126 g/mol. The average Bonchev–Trinajstić information content (AvgIpc) is 1.88. The molecule has 1 heterocycles. The largest absolute Gasteiger partial charge is 0.304 e. The fourth-order valence-electron chi connectivity index (χ4n) is 0.736. The lowest BCUT2D eigenvalue weighted by atomic mass is 10.4. The summed E-state index contributed by atoms with van der Waals surface area (Å²) in [6.45, 7) is 0.855. The van der Waals surface area contributed by atoms with Crippen LogP contribution in [0.15, 0.2) is 18.6 Å². The summed E-state index contributed by atoms with van der Waals surface area (Å²) < 4.78 is 0. The van der Waals surface area contributed by atoms with E-state index in [1.54, 1.807) is 18.6 Å². The second-order valence-corrected chi connectivity index (χ2v) is 2.43. The van der Waals surface area contributed by atoms with E-state index in [0.717, 1.165) is 12.2 Å². The molecule has 0 N–H and O–H groups in total. The van der Waals surface area contributed by atoms with Gasteiger partial charge in [0, 0.05) is 25.1 Å². The van der Waals surface area contributed by atoms with Gasteiger partial charge >= 0.3 is 0 Å². The van der Waals surface area contributed by atoms with Gasteiger partial charge in [-0.2, -0.15) is 0 Å². The van der Waals surface area contributed by atoms with Crippen LogP contribution in [-0.2, 0) is 6.54 Å². The van der Waals surface area contributed by atoms with E-state index in [2.05, 4.69) is 14.9 Å². The Bertz CT molecular complexity index is 183. The van der Waals surface area contributed by atoms with Crippen LogP contribution in [0.25, 0.3) is 0 Å². The van der Waals surface area contributed by atoms with Gasteiger partial charge in [0.25, 0.3) is 0 Å². The Morgan fingerprint density at radius 3 is 2.70 bits per heavy atom. The second kappa shape index (κ2) is 3.27. The smallest absolute Gasteiger partial charge is 0.0726 e. The quantitative estimate of drug-likeness (QED) is 0.595. The zero-order valence-corrected chi connectivity index (χ0v) is 6.28. The standard InChI is InChI=1S/C7H11N3/c1-10(2)6-7-5-8-3-4-9-7/h3-5H,6H2,1-2H3. The van der Waals surface area contributed by atoms with Crippen molar-refractivity contribution in [2.45, 2.75) is 6.54 Å². The van der Waals surface area contributed by atoms with Crippen molar-refractivity contribution < 1.29 is 0 Å². The Hall–Kier alpha value is -0.960. The highest BCUT2D eigenvalue weighted by molar-refractivity contribution is 4.93. The molecule has 0 spiro atoms. The lowest BCUT2D eigenvalue weighted by Gasteiger charge is -2.06. The van der Waals surface area contributed by atoms with Crippen molar-refractivity contribution in [3.63, 3.8) is 0 Å². The van der Waals surface area contributed by atoms with Crippen LogP contribution in [0.5, 0.6) is 0 Å². The van der Waals surface area contributed by atoms with E-state index in [-0.39, 0.29) is 0 Å². The van der Waals surface area contributed by atoms with Crippen LogP contribution in [0, 0.1) is 0 Å². The molecule has 0 fully saturated rings. The van der Waals surface area contributed by atoms with E-state index in [1.165, 1.54) is 0 Å². The highest BCUT2D eigenvalue weighted by Gasteiger charge is 1.93. The van der Waals surface area contributed by atoms with Gasteiger partial charge in [-0.3, -0.25) is 9.97 Å². The molecule has 0 radical (unpaired) electrons. The van der Waals surface area contributed by atoms with Crippen molar-refractivity contribution in [3.05, 3.63) is 24.3 Å². The van der Waals surface area contributed by atoms with Crippen LogP contribution in [0.3, 0.4) is 0 Å². The molecule has 0 aliphatic rings. The van der Waals surface area contributed by atoms with Crippen LogP contribution in [0.1, 0.15) is 5.69 Å². The third-order valence-corrected chi connectivity index (χ3v) is 1.09. The summed E-state index contributed by atoms with van der Waals surface area (Å²) in [5.74, 6) is 0. The lowest BCUT2D eigenvalue weighted by Crippen LogP contribution is -2.11. The summed E-state index contributed by atoms with van der Waals surface area (Å²) in [4.78, 5) is 10.1. The third kappa shape index (κ3) is 2.11. The Morgan fingerprint density at radius 2 is 2.20 bits per heavy atom. The van der Waals surface area contributed by atoms with Gasteiger partial charge in [-0.15, -0.1) is 0 Å². The van der Waals surface area contributed by atoms with Gasteiger partial charge in [0.1, 0.15) is 0 Å². The van der Waals surface area contributed by atoms with Crippen molar-refractivity contribution in [2.24, 2.45) is 0 Å². The molecule has 54 valence electrons. The SMILES string of the molecule is CN(C)Cc1cnccn1. The fourth-order valence-corrected chi connectivity index (χ4v) is 0.736. The van der Waals surface area contributed by atoms with Crippen LogP contribution >= 0.6 is 0 Å². The van der Waals surface area contributed by atoms with Crippen molar-refractivity contribution >= 4 is 0 Å². The normalized spacial score (nSPS) is 10.3. The van der Waals surface area contributed by atoms with Crippen LogP contribution in [0.2, 0.25) is 0 Å². The molecule has 0 amide bonds. The molecule has 3 nitrogen and oxygen atoms in total. The van der Waals surface area contributed by atoms with Gasteiger partial charge in [-0.1, -0.05) is 0 Å². The zero-order valence-electron chi connectivity index (χ0n) is 6.28. The van der Waals surface area contributed by atoms with Crippen LogP contribution < -0.4 is 0 Å². The van der Waals surface area contributed by atoms with Crippen molar-refractivity contribution in [1.29, 1.82) is 0 Å². The third-order valence-electron chi connectivity index (χ3n) is 1.09. The first-order valence-electron chi connectivity index (χ1n) is 3.18. The van der Waals surface area contributed by atoms with Crippen molar-refractivity contribution in [3.8, 4) is 0 Å². The van der Waals surface area contributed by atoms with E-state index in [1.807, 2.05) is 14.1 Å². The molecule has 0 bridgehead atoms. The molecule has 0 saturated heterocycles. The molecule has 10 heavy (non-hydrogen) atoms. The molecule has 1 aromatic rings. The molecular formula is C7H11N3. The van der Waals surface area contributed by atoms with E-state index in [4.69, 9.17) is 0 Å². The summed E-state index contributed by atoms with van der Waals surface area (Å²) in [7, 11) is 4.02. The Kier molecular flexibility index (Phi) is 2.34. The van der Waals surface area contributed by atoms with Gasteiger partial charge in [0.05, 0.1) is 5.69 Å². The molecule has 0 aliphatic heterocycles. The topological polar surface area (TPSA) is 29.0 Å². The number of hydrogen-bond donors (Lipinski definition) is 0. The van der Waals surface area contributed by atoms with E-state index < -0.39 is 0 Å². The molecule has 0 saturated carbocycles. The fraction of sp³-hybridized carbons (Fsp3) is 0.429. The van der Waals surface area contributed by atoms with Gasteiger partial charge in [-0.05, 0) is 14.1 Å². The molecule has 0 aliphatic carbocycles. The van der Waals surface area contributed by atoms with Crippen molar-refractivity contribution in [2.75, 3.05) is 14.1 Å².